The van der Waals surface area contributed by atoms with Gasteiger partial charge < -0.3 is 29.7 Å². The molecular weight excluding hydrogens is 398 g/mol. The summed E-state index contributed by atoms with van der Waals surface area (Å²) in [5, 5.41) is 0.721. The van der Waals surface area contributed by atoms with Gasteiger partial charge >= 0.3 is 0 Å². The lowest BCUT2D eigenvalue weighted by molar-refractivity contribution is -0.141. The van der Waals surface area contributed by atoms with Gasteiger partial charge in [0, 0.05) is 37.6 Å². The van der Waals surface area contributed by atoms with Crippen LogP contribution in [-0.2, 0) is 9.53 Å². The fourth-order valence-electron chi connectivity index (χ4n) is 4.91. The van der Waals surface area contributed by atoms with E-state index in [0.717, 1.165) is 18.4 Å². The molecule has 1 aliphatic carbocycles. The maximum absolute atomic E-state index is 12.9. The Morgan fingerprint density at radius 3 is 2.45 bits per heavy atom. The minimum Gasteiger partial charge on any atom is -0.493 e. The van der Waals surface area contributed by atoms with Gasteiger partial charge in [0.25, 0.3) is 5.91 Å². The molecule has 31 heavy (non-hydrogen) atoms. The van der Waals surface area contributed by atoms with Gasteiger partial charge in [-0.25, -0.2) is 4.98 Å². The van der Waals surface area contributed by atoms with Gasteiger partial charge in [0.15, 0.2) is 11.5 Å². The number of carbonyl (C=O) groups is 1. The number of fused-ring (bicyclic) bond motifs is 1. The highest BCUT2D eigenvalue weighted by Gasteiger charge is 2.47. The SMILES string of the molecule is COc1cc2nc(N3CCN(C(=O)C4CC5(CCC5)CO4)CC3)nc(N)c2cc1OC. The van der Waals surface area contributed by atoms with Gasteiger partial charge in [-0.2, -0.15) is 4.98 Å². The fourth-order valence-corrected chi connectivity index (χ4v) is 4.91. The molecule has 2 aromatic rings. The number of carbonyl (C=O) groups excluding carboxylic acids is 1. The van der Waals surface area contributed by atoms with Crippen LogP contribution in [0.5, 0.6) is 11.5 Å². The molecule has 0 bridgehead atoms. The number of ether oxygens (including phenoxy) is 3. The molecule has 0 radical (unpaired) electrons. The molecule has 166 valence electrons. The van der Waals surface area contributed by atoms with Crippen LogP contribution in [0.1, 0.15) is 25.7 Å². The number of hydrogen-bond donors (Lipinski definition) is 1. The minimum absolute atomic E-state index is 0.124. The van der Waals surface area contributed by atoms with Gasteiger partial charge in [-0.1, -0.05) is 6.42 Å². The van der Waals surface area contributed by atoms with E-state index in [1.54, 1.807) is 20.3 Å². The van der Waals surface area contributed by atoms with Crippen molar-refractivity contribution >= 4 is 28.6 Å². The van der Waals surface area contributed by atoms with E-state index in [1.807, 2.05) is 11.0 Å². The summed E-state index contributed by atoms with van der Waals surface area (Å²) >= 11 is 0. The van der Waals surface area contributed by atoms with Crippen molar-refractivity contribution in [2.45, 2.75) is 31.8 Å². The topological polar surface area (TPSA) is 103 Å². The summed E-state index contributed by atoms with van der Waals surface area (Å²) in [6.45, 7) is 3.30. The van der Waals surface area contributed by atoms with Crippen LogP contribution in [-0.4, -0.2) is 73.9 Å². The van der Waals surface area contributed by atoms with Crippen LogP contribution in [0.4, 0.5) is 11.8 Å². The molecule has 1 saturated carbocycles. The molecular formula is C22H29N5O4. The molecule has 1 amide bonds. The van der Waals surface area contributed by atoms with E-state index in [1.165, 1.54) is 19.3 Å². The average Bonchev–Trinajstić information content (AvgIpc) is 3.24. The molecule has 1 spiro atoms. The summed E-state index contributed by atoms with van der Waals surface area (Å²) in [6, 6.07) is 3.60. The first-order valence-corrected chi connectivity index (χ1v) is 10.9. The highest BCUT2D eigenvalue weighted by Crippen LogP contribution is 2.49. The molecule has 1 aromatic carbocycles. The Labute approximate surface area is 181 Å². The van der Waals surface area contributed by atoms with E-state index in [4.69, 9.17) is 24.9 Å². The van der Waals surface area contributed by atoms with Gasteiger partial charge in [-0.3, -0.25) is 4.79 Å². The molecule has 1 atom stereocenters. The molecule has 2 saturated heterocycles. The number of rotatable bonds is 4. The molecule has 9 heteroatoms. The van der Waals surface area contributed by atoms with Gasteiger partial charge in [0.05, 0.1) is 26.3 Å². The van der Waals surface area contributed by atoms with Crippen LogP contribution in [0.25, 0.3) is 10.9 Å². The monoisotopic (exact) mass is 427 g/mol. The van der Waals surface area contributed by atoms with Gasteiger partial charge in [-0.15, -0.1) is 0 Å². The highest BCUT2D eigenvalue weighted by molar-refractivity contribution is 5.91. The Balaban J connectivity index is 1.28. The lowest BCUT2D eigenvalue weighted by Crippen LogP contribution is -2.52. The van der Waals surface area contributed by atoms with E-state index >= 15 is 0 Å². The second-order valence-corrected chi connectivity index (χ2v) is 8.80. The first-order chi connectivity index (χ1) is 15.0. The first-order valence-electron chi connectivity index (χ1n) is 10.9. The van der Waals surface area contributed by atoms with Crippen molar-refractivity contribution in [2.24, 2.45) is 5.41 Å². The zero-order chi connectivity index (χ0) is 21.6. The maximum atomic E-state index is 12.9. The third kappa shape index (κ3) is 3.50. The van der Waals surface area contributed by atoms with Gasteiger partial charge in [0.1, 0.15) is 11.9 Å². The summed E-state index contributed by atoms with van der Waals surface area (Å²) in [4.78, 5) is 26.1. The summed E-state index contributed by atoms with van der Waals surface area (Å²) in [5.41, 5.74) is 7.20. The fraction of sp³-hybridized carbons (Fsp3) is 0.591. The quantitative estimate of drug-likeness (QED) is 0.788. The number of nitrogen functional groups attached to an aromatic ring is 1. The third-order valence-corrected chi connectivity index (χ3v) is 6.99. The molecule has 1 aromatic heterocycles. The first kappa shape index (κ1) is 20.1. The molecule has 3 fully saturated rings. The largest absolute Gasteiger partial charge is 0.493 e. The van der Waals surface area contributed by atoms with Crippen molar-refractivity contribution in [3.63, 3.8) is 0 Å². The number of amides is 1. The van der Waals surface area contributed by atoms with Crippen molar-refractivity contribution in [3.8, 4) is 11.5 Å². The van der Waals surface area contributed by atoms with Crippen molar-refractivity contribution in [1.29, 1.82) is 0 Å². The van der Waals surface area contributed by atoms with Crippen molar-refractivity contribution < 1.29 is 19.0 Å². The second-order valence-electron chi connectivity index (χ2n) is 8.80. The van der Waals surface area contributed by atoms with Gasteiger partial charge in [0.2, 0.25) is 5.95 Å². The Morgan fingerprint density at radius 1 is 1.13 bits per heavy atom. The third-order valence-electron chi connectivity index (χ3n) is 6.99. The molecule has 1 unspecified atom stereocenters. The normalized spacial score (nSPS) is 22.6. The van der Waals surface area contributed by atoms with E-state index in [9.17, 15) is 4.79 Å². The van der Waals surface area contributed by atoms with Crippen LogP contribution >= 0.6 is 0 Å². The molecule has 3 heterocycles. The Bertz CT molecular complexity index is 1000. The number of methoxy groups -OCH3 is 2. The number of benzene rings is 1. The second kappa shape index (κ2) is 7.71. The number of anilines is 2. The van der Waals surface area contributed by atoms with Gasteiger partial charge in [-0.05, 0) is 30.7 Å². The van der Waals surface area contributed by atoms with Crippen LogP contribution in [0, 0.1) is 5.41 Å². The van der Waals surface area contributed by atoms with E-state index in [-0.39, 0.29) is 17.4 Å². The Kier molecular flexibility index (Phi) is 5.00. The number of nitrogens with zero attached hydrogens (tertiary/aromatic N) is 4. The lowest BCUT2D eigenvalue weighted by Gasteiger charge is -2.37. The maximum Gasteiger partial charge on any atom is 0.251 e. The summed E-state index contributed by atoms with van der Waals surface area (Å²) in [7, 11) is 3.17. The van der Waals surface area contributed by atoms with Crippen LogP contribution in [0.3, 0.4) is 0 Å². The Hall–Kier alpha value is -2.81. The van der Waals surface area contributed by atoms with Crippen molar-refractivity contribution in [3.05, 3.63) is 12.1 Å². The molecule has 5 rings (SSSR count). The number of nitrogens with two attached hydrogens (primary N) is 1. The van der Waals surface area contributed by atoms with E-state index in [2.05, 4.69) is 9.88 Å². The summed E-state index contributed by atoms with van der Waals surface area (Å²) in [6.07, 6.45) is 4.25. The number of piperazine rings is 1. The standard InChI is InChI=1S/C22H29N5O4/c1-29-16-10-14-15(11-17(16)30-2)24-21(25-19(14)23)27-8-6-26(7-9-27)20(28)18-12-22(13-31-18)4-3-5-22/h10-11,18H,3-9,12-13H2,1-2H3,(H2,23,24,25). The number of hydrogen-bond acceptors (Lipinski definition) is 8. The zero-order valence-electron chi connectivity index (χ0n) is 18.1. The average molecular weight is 428 g/mol. The van der Waals surface area contributed by atoms with Crippen LogP contribution in [0.15, 0.2) is 12.1 Å². The number of aromatic nitrogens is 2. The molecule has 2 N–H and O–H groups in total. The lowest BCUT2D eigenvalue weighted by atomic mass is 9.67. The summed E-state index contributed by atoms with van der Waals surface area (Å²) in [5.74, 6) is 2.26. The van der Waals surface area contributed by atoms with E-state index in [0.29, 0.717) is 55.0 Å². The van der Waals surface area contributed by atoms with E-state index < -0.39 is 0 Å². The predicted octanol–water partition coefficient (Wildman–Crippen LogP) is 1.84. The zero-order valence-corrected chi connectivity index (χ0v) is 18.1. The molecule has 9 nitrogen and oxygen atoms in total. The summed E-state index contributed by atoms with van der Waals surface area (Å²) < 4.78 is 16.6. The smallest absolute Gasteiger partial charge is 0.251 e. The Morgan fingerprint density at radius 2 is 1.84 bits per heavy atom. The molecule has 3 aliphatic rings. The molecule has 2 aliphatic heterocycles. The van der Waals surface area contributed by atoms with Crippen molar-refractivity contribution in [1.82, 2.24) is 14.9 Å². The van der Waals surface area contributed by atoms with Crippen molar-refractivity contribution in [2.75, 3.05) is 57.6 Å². The van der Waals surface area contributed by atoms with Crippen LogP contribution < -0.4 is 20.1 Å². The highest BCUT2D eigenvalue weighted by atomic mass is 16.5. The minimum atomic E-state index is -0.276. The predicted molar refractivity (Wildman–Crippen MR) is 116 cm³/mol. The van der Waals surface area contributed by atoms with Crippen LogP contribution in [0.2, 0.25) is 0 Å².